The Labute approximate surface area is 153 Å². The number of aliphatic carboxylic acids is 1. The molecule has 1 aromatic carbocycles. The molecule has 0 unspecified atom stereocenters. The third kappa shape index (κ3) is 3.59. The van der Waals surface area contributed by atoms with Gasteiger partial charge in [-0.3, -0.25) is 9.59 Å². The second kappa shape index (κ2) is 7.48. The topological polar surface area (TPSA) is 86.7 Å². The van der Waals surface area contributed by atoms with Crippen LogP contribution in [0.3, 0.4) is 0 Å². The lowest BCUT2D eigenvalue weighted by Gasteiger charge is -2.34. The molecule has 0 aromatic heterocycles. The minimum absolute atomic E-state index is 0.0950. The fourth-order valence-corrected chi connectivity index (χ4v) is 3.93. The lowest BCUT2D eigenvalue weighted by atomic mass is 9.81. The predicted octanol–water partition coefficient (Wildman–Crippen LogP) is 2.51. The van der Waals surface area contributed by atoms with Gasteiger partial charge in [-0.25, -0.2) is 4.79 Å². The molecule has 140 valence electrons. The van der Waals surface area contributed by atoms with E-state index >= 15 is 0 Å². The second-order valence-electron chi connectivity index (χ2n) is 7.36. The Morgan fingerprint density at radius 1 is 1.19 bits per heavy atom. The van der Waals surface area contributed by atoms with Crippen LogP contribution in [0.4, 0.5) is 5.69 Å². The number of anilines is 1. The molecular formula is C20H26N2O4. The number of benzene rings is 1. The van der Waals surface area contributed by atoms with E-state index in [1.807, 2.05) is 24.3 Å². The molecule has 6 nitrogen and oxygen atoms in total. The van der Waals surface area contributed by atoms with E-state index in [1.54, 1.807) is 4.90 Å². The SMILES string of the molecule is CCc1ccc(N2C[C@@H](C(=O)NC3(C(=O)O)CCCCC3)CC2=O)cc1. The summed E-state index contributed by atoms with van der Waals surface area (Å²) in [5.41, 5.74) is 0.803. The van der Waals surface area contributed by atoms with Crippen molar-refractivity contribution in [3.8, 4) is 0 Å². The number of carbonyl (C=O) groups is 3. The standard InChI is InChI=1S/C20H26N2O4/c1-2-14-6-8-16(9-7-14)22-13-15(12-17(22)23)18(24)21-20(19(25)26)10-4-3-5-11-20/h6-9,15H,2-5,10-13H2,1H3,(H,21,24)(H,25,26)/t15-/m0/s1. The maximum atomic E-state index is 12.7. The average molecular weight is 358 g/mol. The Balaban J connectivity index is 1.69. The summed E-state index contributed by atoms with van der Waals surface area (Å²) in [6, 6.07) is 7.77. The molecule has 2 aliphatic rings. The van der Waals surface area contributed by atoms with Gasteiger partial charge in [0.15, 0.2) is 0 Å². The largest absolute Gasteiger partial charge is 0.480 e. The molecule has 0 radical (unpaired) electrons. The summed E-state index contributed by atoms with van der Waals surface area (Å²) < 4.78 is 0. The van der Waals surface area contributed by atoms with Gasteiger partial charge in [0, 0.05) is 18.7 Å². The van der Waals surface area contributed by atoms with Crippen molar-refractivity contribution in [2.45, 2.75) is 57.4 Å². The minimum atomic E-state index is -1.17. The Morgan fingerprint density at radius 3 is 2.42 bits per heavy atom. The van der Waals surface area contributed by atoms with Gasteiger partial charge in [-0.15, -0.1) is 0 Å². The highest BCUT2D eigenvalue weighted by atomic mass is 16.4. The van der Waals surface area contributed by atoms with Gasteiger partial charge in [0.25, 0.3) is 0 Å². The first kappa shape index (κ1) is 18.4. The molecule has 2 N–H and O–H groups in total. The first-order chi connectivity index (χ1) is 12.4. The fourth-order valence-electron chi connectivity index (χ4n) is 3.93. The number of aryl methyl sites for hydroxylation is 1. The molecule has 6 heteroatoms. The molecular weight excluding hydrogens is 332 g/mol. The monoisotopic (exact) mass is 358 g/mol. The summed E-state index contributed by atoms with van der Waals surface area (Å²) >= 11 is 0. The van der Waals surface area contributed by atoms with Crippen molar-refractivity contribution in [3.63, 3.8) is 0 Å². The number of nitrogens with one attached hydrogen (secondary N) is 1. The van der Waals surface area contributed by atoms with E-state index in [0.29, 0.717) is 19.4 Å². The number of carbonyl (C=O) groups excluding carboxylic acids is 2. The zero-order chi connectivity index (χ0) is 18.7. The summed E-state index contributed by atoms with van der Waals surface area (Å²) in [5.74, 6) is -1.90. The predicted molar refractivity (Wildman–Crippen MR) is 97.9 cm³/mol. The minimum Gasteiger partial charge on any atom is -0.480 e. The molecule has 2 fully saturated rings. The van der Waals surface area contributed by atoms with E-state index in [0.717, 1.165) is 31.4 Å². The Bertz CT molecular complexity index is 692. The van der Waals surface area contributed by atoms with Crippen LogP contribution in [0.2, 0.25) is 0 Å². The van der Waals surface area contributed by atoms with Crippen LogP contribution in [-0.4, -0.2) is 35.0 Å². The third-order valence-corrected chi connectivity index (χ3v) is 5.63. The van der Waals surface area contributed by atoms with Crippen molar-refractivity contribution < 1.29 is 19.5 Å². The van der Waals surface area contributed by atoms with Crippen LogP contribution in [0.25, 0.3) is 0 Å². The van der Waals surface area contributed by atoms with Crippen LogP contribution in [0.5, 0.6) is 0 Å². The van der Waals surface area contributed by atoms with Crippen LogP contribution < -0.4 is 10.2 Å². The number of amides is 2. The zero-order valence-electron chi connectivity index (χ0n) is 15.2. The molecule has 1 saturated carbocycles. The molecule has 3 rings (SSSR count). The smallest absolute Gasteiger partial charge is 0.329 e. The van der Waals surface area contributed by atoms with Gasteiger partial charge < -0.3 is 15.3 Å². The van der Waals surface area contributed by atoms with Crippen molar-refractivity contribution in [1.29, 1.82) is 0 Å². The Morgan fingerprint density at radius 2 is 1.85 bits per heavy atom. The third-order valence-electron chi connectivity index (χ3n) is 5.63. The molecule has 2 amide bonds. The van der Waals surface area contributed by atoms with Crippen molar-refractivity contribution >= 4 is 23.5 Å². The van der Waals surface area contributed by atoms with Crippen LogP contribution in [0.1, 0.15) is 51.0 Å². The van der Waals surface area contributed by atoms with E-state index in [9.17, 15) is 19.5 Å². The maximum Gasteiger partial charge on any atom is 0.329 e. The van der Waals surface area contributed by atoms with Gasteiger partial charge in [0.2, 0.25) is 11.8 Å². The molecule has 1 heterocycles. The van der Waals surface area contributed by atoms with E-state index in [-0.39, 0.29) is 18.2 Å². The number of carboxylic acids is 1. The summed E-state index contributed by atoms with van der Waals surface area (Å²) in [5, 5.41) is 12.4. The van der Waals surface area contributed by atoms with E-state index in [4.69, 9.17) is 0 Å². The van der Waals surface area contributed by atoms with Gasteiger partial charge in [-0.2, -0.15) is 0 Å². The van der Waals surface area contributed by atoms with Gasteiger partial charge in [-0.05, 0) is 37.0 Å². The average Bonchev–Trinajstić information content (AvgIpc) is 3.04. The number of hydrogen-bond donors (Lipinski definition) is 2. The van der Waals surface area contributed by atoms with Crippen molar-refractivity contribution in [3.05, 3.63) is 29.8 Å². The molecule has 26 heavy (non-hydrogen) atoms. The molecule has 0 spiro atoms. The molecule has 1 aliphatic carbocycles. The summed E-state index contributed by atoms with van der Waals surface area (Å²) in [4.78, 5) is 38.4. The molecule has 0 bridgehead atoms. The first-order valence-corrected chi connectivity index (χ1v) is 9.40. The van der Waals surface area contributed by atoms with Crippen molar-refractivity contribution in [2.24, 2.45) is 5.92 Å². The van der Waals surface area contributed by atoms with Crippen LogP contribution in [0, 0.1) is 5.92 Å². The van der Waals surface area contributed by atoms with Crippen LogP contribution in [-0.2, 0) is 20.8 Å². The highest BCUT2D eigenvalue weighted by Crippen LogP contribution is 2.31. The number of carboxylic acid groups (broad SMARTS) is 1. The van der Waals surface area contributed by atoms with Gasteiger partial charge in [0.1, 0.15) is 5.54 Å². The first-order valence-electron chi connectivity index (χ1n) is 9.40. The normalized spacial score (nSPS) is 22.3. The molecule has 1 atom stereocenters. The quantitative estimate of drug-likeness (QED) is 0.847. The zero-order valence-corrected chi connectivity index (χ0v) is 15.2. The van der Waals surface area contributed by atoms with E-state index in [2.05, 4.69) is 12.2 Å². The molecule has 1 saturated heterocycles. The maximum absolute atomic E-state index is 12.7. The van der Waals surface area contributed by atoms with E-state index < -0.39 is 17.4 Å². The van der Waals surface area contributed by atoms with Crippen LogP contribution >= 0.6 is 0 Å². The number of rotatable bonds is 5. The lowest BCUT2D eigenvalue weighted by molar-refractivity contribution is -0.149. The highest BCUT2D eigenvalue weighted by Gasteiger charge is 2.44. The molecule has 1 aromatic rings. The van der Waals surface area contributed by atoms with Gasteiger partial charge >= 0.3 is 5.97 Å². The fraction of sp³-hybridized carbons (Fsp3) is 0.550. The highest BCUT2D eigenvalue weighted by molar-refractivity contribution is 6.01. The Kier molecular flexibility index (Phi) is 5.30. The summed E-state index contributed by atoms with van der Waals surface area (Å²) in [6.45, 7) is 2.37. The summed E-state index contributed by atoms with van der Waals surface area (Å²) in [6.07, 6.45) is 4.55. The van der Waals surface area contributed by atoms with Gasteiger partial charge in [-0.1, -0.05) is 38.3 Å². The number of hydrogen-bond acceptors (Lipinski definition) is 3. The molecule has 1 aliphatic heterocycles. The Hall–Kier alpha value is -2.37. The van der Waals surface area contributed by atoms with Crippen LogP contribution in [0.15, 0.2) is 24.3 Å². The number of nitrogens with zero attached hydrogens (tertiary/aromatic N) is 1. The summed E-state index contributed by atoms with van der Waals surface area (Å²) in [7, 11) is 0. The van der Waals surface area contributed by atoms with Crippen molar-refractivity contribution in [1.82, 2.24) is 5.32 Å². The van der Waals surface area contributed by atoms with Crippen molar-refractivity contribution in [2.75, 3.05) is 11.4 Å². The lowest BCUT2D eigenvalue weighted by Crippen LogP contribution is -2.57. The van der Waals surface area contributed by atoms with E-state index in [1.165, 1.54) is 5.56 Å². The van der Waals surface area contributed by atoms with Gasteiger partial charge in [0.05, 0.1) is 5.92 Å². The second-order valence-corrected chi connectivity index (χ2v) is 7.36.